The van der Waals surface area contributed by atoms with E-state index in [0.717, 1.165) is 22.4 Å². The summed E-state index contributed by atoms with van der Waals surface area (Å²) in [6.07, 6.45) is 0.753. The Morgan fingerprint density at radius 1 is 1.13 bits per heavy atom. The zero-order valence-electron chi connectivity index (χ0n) is 23.0. The molecule has 39 heavy (non-hydrogen) atoms. The van der Waals surface area contributed by atoms with Gasteiger partial charge >= 0.3 is 5.97 Å². The predicted molar refractivity (Wildman–Crippen MR) is 151 cm³/mol. The van der Waals surface area contributed by atoms with Gasteiger partial charge in [-0.2, -0.15) is 0 Å². The normalized spacial score (nSPS) is 18.3. The Balaban J connectivity index is 1.72. The molecule has 4 rings (SSSR count). The molecule has 8 nitrogen and oxygen atoms in total. The molecule has 2 aromatic rings. The summed E-state index contributed by atoms with van der Waals surface area (Å²) in [6, 6.07) is 9.20. The first-order valence-electron chi connectivity index (χ1n) is 12.6. The van der Waals surface area contributed by atoms with Crippen molar-refractivity contribution < 1.29 is 28.6 Å². The topological polar surface area (TPSA) is 117 Å². The number of anilines is 1. The maximum absolute atomic E-state index is 13.5. The SMILES string of the molecule is COC(=O)C1=C(N)OC2=C(C(=O)CC(C)(C)C2)C1c1cc(Br)ccc1OCC(=O)Nc1c(C)cc(C)cc1C. The van der Waals surface area contributed by atoms with Gasteiger partial charge in [0, 0.05) is 34.1 Å². The average Bonchev–Trinajstić information content (AvgIpc) is 2.83. The number of rotatable bonds is 6. The first kappa shape index (κ1) is 28.4. The number of nitrogens with two attached hydrogens (primary N) is 1. The van der Waals surface area contributed by atoms with Crippen molar-refractivity contribution in [1.29, 1.82) is 0 Å². The van der Waals surface area contributed by atoms with E-state index in [4.69, 9.17) is 19.9 Å². The quantitative estimate of drug-likeness (QED) is 0.423. The maximum Gasteiger partial charge on any atom is 0.340 e. The number of nitrogens with one attached hydrogen (secondary N) is 1. The van der Waals surface area contributed by atoms with Crippen LogP contribution in [0.5, 0.6) is 5.75 Å². The molecule has 0 radical (unpaired) electrons. The number of carbonyl (C=O) groups is 3. The van der Waals surface area contributed by atoms with E-state index < -0.39 is 11.9 Å². The third-order valence-corrected chi connectivity index (χ3v) is 7.44. The number of methoxy groups -OCH3 is 1. The Labute approximate surface area is 236 Å². The summed E-state index contributed by atoms with van der Waals surface area (Å²) in [5.74, 6) is -1.45. The highest BCUT2D eigenvalue weighted by molar-refractivity contribution is 9.10. The molecule has 1 unspecified atom stereocenters. The molecule has 1 heterocycles. The third-order valence-electron chi connectivity index (χ3n) is 6.94. The van der Waals surface area contributed by atoms with Gasteiger partial charge in [-0.05, 0) is 55.5 Å². The van der Waals surface area contributed by atoms with Crippen LogP contribution in [-0.2, 0) is 23.9 Å². The number of ether oxygens (including phenoxy) is 3. The van der Waals surface area contributed by atoms with Gasteiger partial charge in [-0.1, -0.05) is 47.5 Å². The number of hydrogen-bond donors (Lipinski definition) is 2. The lowest BCUT2D eigenvalue weighted by Crippen LogP contribution is -2.35. The fraction of sp³-hybridized carbons (Fsp3) is 0.367. The third kappa shape index (κ3) is 5.88. The zero-order valence-corrected chi connectivity index (χ0v) is 24.6. The van der Waals surface area contributed by atoms with E-state index in [1.54, 1.807) is 18.2 Å². The largest absolute Gasteiger partial charge is 0.483 e. The highest BCUT2D eigenvalue weighted by Crippen LogP contribution is 2.50. The smallest absolute Gasteiger partial charge is 0.340 e. The van der Waals surface area contributed by atoms with Crippen molar-refractivity contribution in [2.45, 2.75) is 53.4 Å². The molecule has 0 bridgehead atoms. The van der Waals surface area contributed by atoms with Crippen LogP contribution >= 0.6 is 15.9 Å². The Morgan fingerprint density at radius 3 is 2.44 bits per heavy atom. The van der Waals surface area contributed by atoms with Crippen molar-refractivity contribution in [3.63, 3.8) is 0 Å². The molecule has 0 saturated heterocycles. The van der Waals surface area contributed by atoms with Gasteiger partial charge in [0.2, 0.25) is 5.88 Å². The molecule has 3 N–H and O–H groups in total. The molecule has 0 fully saturated rings. The van der Waals surface area contributed by atoms with Crippen LogP contribution in [0.1, 0.15) is 54.9 Å². The molecule has 0 aromatic heterocycles. The summed E-state index contributed by atoms with van der Waals surface area (Å²) in [5.41, 5.74) is 10.5. The highest BCUT2D eigenvalue weighted by atomic mass is 79.9. The van der Waals surface area contributed by atoms with E-state index in [1.165, 1.54) is 7.11 Å². The van der Waals surface area contributed by atoms with Crippen LogP contribution in [0, 0.1) is 26.2 Å². The van der Waals surface area contributed by atoms with Crippen LogP contribution in [0.4, 0.5) is 5.69 Å². The van der Waals surface area contributed by atoms with Crippen LogP contribution in [-0.4, -0.2) is 31.4 Å². The number of hydrogen-bond acceptors (Lipinski definition) is 7. The first-order valence-corrected chi connectivity index (χ1v) is 13.4. The second-order valence-electron chi connectivity index (χ2n) is 10.9. The average molecular weight is 598 g/mol. The van der Waals surface area contributed by atoms with Gasteiger partial charge in [-0.15, -0.1) is 0 Å². The molecule has 2 aromatic carbocycles. The van der Waals surface area contributed by atoms with Crippen molar-refractivity contribution in [2.24, 2.45) is 11.1 Å². The molecular formula is C30H33BrN2O6. The van der Waals surface area contributed by atoms with Crippen LogP contribution < -0.4 is 15.8 Å². The standard InChI is InChI=1S/C30H33BrN2O6/c1-15-9-16(2)27(17(3)10-15)33-23(35)14-38-21-8-7-18(31)11-19(21)24-25-20(34)12-30(4,5)13-22(25)39-28(32)26(24)29(36)37-6/h7-11,24H,12-14,32H2,1-6H3,(H,33,35). The minimum atomic E-state index is -0.887. The minimum absolute atomic E-state index is 0.0163. The summed E-state index contributed by atoms with van der Waals surface area (Å²) in [4.78, 5) is 39.3. The molecule has 2 aliphatic rings. The molecule has 1 aliphatic carbocycles. The number of halogens is 1. The number of benzene rings is 2. The molecule has 1 aliphatic heterocycles. The van der Waals surface area contributed by atoms with E-state index in [1.807, 2.05) is 46.8 Å². The summed E-state index contributed by atoms with van der Waals surface area (Å²) in [6.45, 7) is 9.55. The molecule has 9 heteroatoms. The fourth-order valence-electron chi connectivity index (χ4n) is 5.38. The lowest BCUT2D eigenvalue weighted by atomic mass is 9.70. The molecule has 1 atom stereocenters. The number of carbonyl (C=O) groups excluding carboxylic acids is 3. The van der Waals surface area contributed by atoms with Crippen LogP contribution in [0.15, 0.2) is 57.6 Å². The summed E-state index contributed by atoms with van der Waals surface area (Å²) < 4.78 is 17.6. The lowest BCUT2D eigenvalue weighted by Gasteiger charge is -2.38. The van der Waals surface area contributed by atoms with Gasteiger partial charge in [0.25, 0.3) is 5.91 Å². The van der Waals surface area contributed by atoms with Gasteiger partial charge in [0.05, 0.1) is 13.0 Å². The Morgan fingerprint density at radius 2 is 1.79 bits per heavy atom. The highest BCUT2D eigenvalue weighted by Gasteiger charge is 2.45. The van der Waals surface area contributed by atoms with Crippen molar-refractivity contribution in [2.75, 3.05) is 19.0 Å². The molecule has 206 valence electrons. The minimum Gasteiger partial charge on any atom is -0.483 e. The fourth-order valence-corrected chi connectivity index (χ4v) is 5.76. The van der Waals surface area contributed by atoms with Crippen molar-refractivity contribution in [3.05, 3.63) is 79.8 Å². The van der Waals surface area contributed by atoms with Gasteiger partial charge < -0.3 is 25.3 Å². The second kappa shape index (κ2) is 10.9. The zero-order chi connectivity index (χ0) is 28.6. The first-order chi connectivity index (χ1) is 18.3. The molecule has 0 spiro atoms. The summed E-state index contributed by atoms with van der Waals surface area (Å²) in [7, 11) is 1.24. The summed E-state index contributed by atoms with van der Waals surface area (Å²) in [5, 5.41) is 2.93. The van der Waals surface area contributed by atoms with Gasteiger partial charge in [-0.3, -0.25) is 9.59 Å². The number of aryl methyl sites for hydroxylation is 3. The number of ketones is 1. The van der Waals surface area contributed by atoms with Gasteiger partial charge in [0.15, 0.2) is 12.4 Å². The van der Waals surface area contributed by atoms with E-state index in [-0.39, 0.29) is 41.6 Å². The lowest BCUT2D eigenvalue weighted by molar-refractivity contribution is -0.136. The van der Waals surface area contributed by atoms with E-state index >= 15 is 0 Å². The van der Waals surface area contributed by atoms with Crippen LogP contribution in [0.3, 0.4) is 0 Å². The van der Waals surface area contributed by atoms with E-state index in [0.29, 0.717) is 33.5 Å². The number of esters is 1. The monoisotopic (exact) mass is 596 g/mol. The van der Waals surface area contributed by atoms with Crippen molar-refractivity contribution in [3.8, 4) is 5.75 Å². The van der Waals surface area contributed by atoms with Crippen molar-refractivity contribution in [1.82, 2.24) is 0 Å². The summed E-state index contributed by atoms with van der Waals surface area (Å²) >= 11 is 3.49. The number of allylic oxidation sites excluding steroid dienone is 2. The second-order valence-corrected chi connectivity index (χ2v) is 11.8. The van der Waals surface area contributed by atoms with Gasteiger partial charge in [-0.25, -0.2) is 4.79 Å². The van der Waals surface area contributed by atoms with Gasteiger partial charge in [0.1, 0.15) is 17.1 Å². The predicted octanol–water partition coefficient (Wildman–Crippen LogP) is 5.49. The van der Waals surface area contributed by atoms with Crippen LogP contribution in [0.25, 0.3) is 0 Å². The molecular weight excluding hydrogens is 564 g/mol. The van der Waals surface area contributed by atoms with E-state index in [9.17, 15) is 14.4 Å². The maximum atomic E-state index is 13.5. The molecule has 1 amide bonds. The van der Waals surface area contributed by atoms with Crippen molar-refractivity contribution >= 4 is 39.3 Å². The number of Topliss-reactive ketones (excluding diaryl/α,β-unsaturated/α-hetero) is 1. The van der Waals surface area contributed by atoms with E-state index in [2.05, 4.69) is 21.2 Å². The molecule has 0 saturated carbocycles. The Hall–Kier alpha value is -3.59. The number of amides is 1. The Kier molecular flexibility index (Phi) is 7.93. The van der Waals surface area contributed by atoms with Crippen LogP contribution in [0.2, 0.25) is 0 Å². The Bertz CT molecular complexity index is 1420.